The summed E-state index contributed by atoms with van der Waals surface area (Å²) in [4.78, 5) is 25.5. The van der Waals surface area contributed by atoms with Crippen LogP contribution >= 0.6 is 7.82 Å². The van der Waals surface area contributed by atoms with E-state index in [1.165, 1.54) is 212 Å². The van der Waals surface area contributed by atoms with Crippen molar-refractivity contribution in [1.82, 2.24) is 5.32 Å². The summed E-state index contributed by atoms with van der Waals surface area (Å²) < 4.78 is 23.3. The van der Waals surface area contributed by atoms with Crippen LogP contribution in [0.1, 0.15) is 284 Å². The first-order chi connectivity index (χ1) is 35.0. The largest absolute Gasteiger partial charge is 0.756 e. The van der Waals surface area contributed by atoms with Crippen LogP contribution in [0.2, 0.25) is 0 Å². The number of nitrogens with zero attached hydrogens (tertiary/aromatic N) is 1. The molecule has 0 aliphatic rings. The van der Waals surface area contributed by atoms with Gasteiger partial charge in [0.05, 0.1) is 39.9 Å². The minimum absolute atomic E-state index is 0.00974. The van der Waals surface area contributed by atoms with Crippen molar-refractivity contribution in [3.8, 4) is 0 Å². The average molecular weight is 1030 g/mol. The average Bonchev–Trinajstić information content (AvgIpc) is 3.34. The number of allylic oxidation sites excluding steroid dienone is 9. The molecule has 3 atom stereocenters. The van der Waals surface area contributed by atoms with E-state index in [9.17, 15) is 19.4 Å². The molecule has 1 amide bonds. The molecule has 0 spiro atoms. The van der Waals surface area contributed by atoms with Gasteiger partial charge in [-0.15, -0.1) is 0 Å². The summed E-state index contributed by atoms with van der Waals surface area (Å²) in [6, 6.07) is -0.911. The second-order valence-electron chi connectivity index (χ2n) is 22.0. The molecular formula is C63H119N2O6P. The number of likely N-dealkylation sites (N-methyl/N-ethyl adjacent to an activating group) is 1. The normalized spacial score (nSPS) is 14.3. The Bertz CT molecular complexity index is 1360. The minimum atomic E-state index is -4.61. The van der Waals surface area contributed by atoms with Crippen LogP contribution in [0.15, 0.2) is 60.8 Å². The van der Waals surface area contributed by atoms with Gasteiger partial charge in [-0.3, -0.25) is 9.36 Å². The van der Waals surface area contributed by atoms with Crippen molar-refractivity contribution in [2.45, 2.75) is 296 Å². The monoisotopic (exact) mass is 1030 g/mol. The first-order valence-corrected chi connectivity index (χ1v) is 32.1. The lowest BCUT2D eigenvalue weighted by Crippen LogP contribution is -2.45. The Hall–Kier alpha value is -1.80. The van der Waals surface area contributed by atoms with Crippen LogP contribution in [-0.4, -0.2) is 68.5 Å². The molecule has 0 fully saturated rings. The molecule has 8 nitrogen and oxygen atoms in total. The maximum atomic E-state index is 13.0. The molecular weight excluding hydrogens is 912 g/mol. The molecule has 0 aromatic carbocycles. The SMILES string of the molecule is CCCCCCC/C=C/CC/C=C/CC/C=C/C(O)C(COP(=O)([O-])OCC[N+](C)(C)C)NC(=O)CCCCCCCCCCCCCCCCCCC/C=C\C/C=C\CCCCCCCCCCCCC. The molecule has 0 saturated carbocycles. The van der Waals surface area contributed by atoms with Gasteiger partial charge in [0.25, 0.3) is 7.82 Å². The van der Waals surface area contributed by atoms with Crippen molar-refractivity contribution in [3.05, 3.63) is 60.8 Å². The van der Waals surface area contributed by atoms with Crippen molar-refractivity contribution in [3.63, 3.8) is 0 Å². The van der Waals surface area contributed by atoms with E-state index in [-0.39, 0.29) is 12.5 Å². The number of aliphatic hydroxyl groups is 1. The summed E-state index contributed by atoms with van der Waals surface area (Å²) in [6.45, 7) is 4.62. The summed E-state index contributed by atoms with van der Waals surface area (Å²) in [5.74, 6) is -0.210. The molecule has 0 bridgehead atoms. The molecule has 0 aliphatic carbocycles. The molecule has 72 heavy (non-hydrogen) atoms. The maximum Gasteiger partial charge on any atom is 0.268 e. The summed E-state index contributed by atoms with van der Waals surface area (Å²) in [5, 5.41) is 13.8. The third kappa shape index (κ3) is 55.9. The van der Waals surface area contributed by atoms with Gasteiger partial charge in [-0.25, -0.2) is 0 Å². The molecule has 0 aromatic heterocycles. The lowest BCUT2D eigenvalue weighted by Gasteiger charge is -2.29. The molecule has 0 radical (unpaired) electrons. The minimum Gasteiger partial charge on any atom is -0.756 e. The fourth-order valence-corrected chi connectivity index (χ4v) is 9.59. The van der Waals surface area contributed by atoms with E-state index in [4.69, 9.17) is 9.05 Å². The van der Waals surface area contributed by atoms with Crippen LogP contribution in [0.3, 0.4) is 0 Å². The van der Waals surface area contributed by atoms with Crippen LogP contribution in [0.4, 0.5) is 0 Å². The molecule has 422 valence electrons. The summed E-state index contributed by atoms with van der Waals surface area (Å²) in [5.41, 5.74) is 0. The van der Waals surface area contributed by atoms with Gasteiger partial charge >= 0.3 is 0 Å². The fraction of sp³-hybridized carbons (Fsp3) is 0.825. The first-order valence-electron chi connectivity index (χ1n) is 30.7. The maximum absolute atomic E-state index is 13.0. The van der Waals surface area contributed by atoms with Gasteiger partial charge < -0.3 is 28.8 Å². The summed E-state index contributed by atoms with van der Waals surface area (Å²) in [6.07, 6.45) is 73.3. The first kappa shape index (κ1) is 70.2. The second kappa shape index (κ2) is 54.0. The zero-order chi connectivity index (χ0) is 52.7. The van der Waals surface area contributed by atoms with Crippen molar-refractivity contribution in [2.24, 2.45) is 0 Å². The molecule has 0 aromatic rings. The molecule has 0 saturated heterocycles. The van der Waals surface area contributed by atoms with Crippen LogP contribution in [0.5, 0.6) is 0 Å². The molecule has 3 unspecified atom stereocenters. The van der Waals surface area contributed by atoms with Gasteiger partial charge in [0, 0.05) is 6.42 Å². The Balaban J connectivity index is 4.03. The Morgan fingerprint density at radius 1 is 0.486 bits per heavy atom. The predicted octanol–water partition coefficient (Wildman–Crippen LogP) is 18.2. The van der Waals surface area contributed by atoms with Crippen LogP contribution < -0.4 is 10.2 Å². The molecule has 0 rings (SSSR count). The number of rotatable bonds is 56. The molecule has 0 heterocycles. The number of unbranched alkanes of at least 4 members (excludes halogenated alkanes) is 35. The van der Waals surface area contributed by atoms with Crippen LogP contribution in [0.25, 0.3) is 0 Å². The summed E-state index contributed by atoms with van der Waals surface area (Å²) >= 11 is 0. The van der Waals surface area contributed by atoms with E-state index in [1.54, 1.807) is 6.08 Å². The highest BCUT2D eigenvalue weighted by atomic mass is 31.2. The molecule has 9 heteroatoms. The molecule has 0 aliphatic heterocycles. The van der Waals surface area contributed by atoms with Crippen LogP contribution in [-0.2, 0) is 18.4 Å². The highest BCUT2D eigenvalue weighted by molar-refractivity contribution is 7.45. The van der Waals surface area contributed by atoms with E-state index in [2.05, 4.69) is 67.8 Å². The topological polar surface area (TPSA) is 108 Å². The zero-order valence-electron chi connectivity index (χ0n) is 48.1. The van der Waals surface area contributed by atoms with Crippen molar-refractivity contribution >= 4 is 13.7 Å². The molecule has 2 N–H and O–H groups in total. The quantitative estimate of drug-likeness (QED) is 0.0272. The van der Waals surface area contributed by atoms with E-state index in [0.29, 0.717) is 17.4 Å². The van der Waals surface area contributed by atoms with Gasteiger partial charge in [0.15, 0.2) is 0 Å². The third-order valence-corrected chi connectivity index (χ3v) is 14.6. The van der Waals surface area contributed by atoms with E-state index < -0.39 is 26.6 Å². The highest BCUT2D eigenvalue weighted by Crippen LogP contribution is 2.38. The number of nitrogens with one attached hydrogen (secondary N) is 1. The van der Waals surface area contributed by atoms with Gasteiger partial charge in [0.1, 0.15) is 13.2 Å². The number of phosphoric ester groups is 1. The summed E-state index contributed by atoms with van der Waals surface area (Å²) in [7, 11) is 1.24. The van der Waals surface area contributed by atoms with Crippen molar-refractivity contribution < 1.29 is 32.9 Å². The van der Waals surface area contributed by atoms with Crippen LogP contribution in [0, 0.1) is 0 Å². The van der Waals surface area contributed by atoms with Gasteiger partial charge in [0.2, 0.25) is 5.91 Å². The Morgan fingerprint density at radius 3 is 1.21 bits per heavy atom. The lowest BCUT2D eigenvalue weighted by molar-refractivity contribution is -0.870. The fourth-order valence-electron chi connectivity index (χ4n) is 8.86. The number of phosphoric acid groups is 1. The number of hydrogen-bond acceptors (Lipinski definition) is 6. The number of carbonyl (C=O) groups excluding carboxylic acids is 1. The predicted molar refractivity (Wildman–Crippen MR) is 311 cm³/mol. The smallest absolute Gasteiger partial charge is 0.268 e. The zero-order valence-corrected chi connectivity index (χ0v) is 49.0. The van der Waals surface area contributed by atoms with Gasteiger partial charge in [-0.05, 0) is 77.0 Å². The number of quaternary nitrogens is 1. The van der Waals surface area contributed by atoms with Crippen molar-refractivity contribution in [1.29, 1.82) is 0 Å². The standard InChI is InChI=1S/C63H119N2O6P/c1-6-8-10-12-14-16-18-20-22-23-24-25-26-27-28-29-30-31-32-33-34-35-36-37-38-39-40-41-43-45-47-49-51-53-55-57-63(67)64-61(60-71-72(68,69)70-59-58-65(3,4)5)62(66)56-54-52-50-48-46-44-42-21-19-17-15-13-11-9-7-2/h19,21,26-27,29-30,46,48,54,56,61-62,66H,6-18,20,22-25,28,31-45,47,49-53,55,57-60H2,1-5H3,(H-,64,67,68,69)/b21-19+,27-26-,30-29-,48-46+,56-54+. The number of hydrogen-bond donors (Lipinski definition) is 2. The van der Waals surface area contributed by atoms with Gasteiger partial charge in [-0.2, -0.15) is 0 Å². The number of carbonyl (C=O) groups is 1. The third-order valence-electron chi connectivity index (χ3n) is 13.7. The second-order valence-corrected chi connectivity index (χ2v) is 23.4. The Labute approximate surface area is 447 Å². The van der Waals surface area contributed by atoms with Gasteiger partial charge in [-0.1, -0.05) is 261 Å². The highest BCUT2D eigenvalue weighted by Gasteiger charge is 2.23. The van der Waals surface area contributed by atoms with E-state index in [1.807, 2.05) is 27.2 Å². The number of amides is 1. The Kier molecular flexibility index (Phi) is 52.7. The lowest BCUT2D eigenvalue weighted by atomic mass is 10.0. The van der Waals surface area contributed by atoms with Crippen molar-refractivity contribution in [2.75, 3.05) is 40.9 Å². The Morgan fingerprint density at radius 2 is 0.819 bits per heavy atom. The van der Waals surface area contributed by atoms with E-state index in [0.717, 1.165) is 51.4 Å². The van der Waals surface area contributed by atoms with E-state index >= 15 is 0 Å². The number of aliphatic hydroxyl groups excluding tert-OH is 1.